The Kier molecular flexibility index (Phi) is 3.78. The minimum absolute atomic E-state index is 0.0557. The second kappa shape index (κ2) is 5.31. The van der Waals surface area contributed by atoms with Crippen molar-refractivity contribution in [2.24, 2.45) is 0 Å². The first-order valence-corrected chi connectivity index (χ1v) is 6.13. The number of aryl methyl sites for hydroxylation is 1. The average Bonchev–Trinajstić information content (AvgIpc) is 2.63. The van der Waals surface area contributed by atoms with Gasteiger partial charge in [-0.1, -0.05) is 6.92 Å². The van der Waals surface area contributed by atoms with Crippen molar-refractivity contribution >= 4 is 5.91 Å². The molecule has 0 saturated carbocycles. The summed E-state index contributed by atoms with van der Waals surface area (Å²) in [6.07, 6.45) is 3.60. The van der Waals surface area contributed by atoms with Crippen LogP contribution in [0.15, 0.2) is 6.20 Å². The molecule has 2 heterocycles. The third kappa shape index (κ3) is 2.66. The van der Waals surface area contributed by atoms with Gasteiger partial charge in [-0.15, -0.1) is 0 Å². The van der Waals surface area contributed by atoms with Gasteiger partial charge in [-0.05, 0) is 19.8 Å². The lowest BCUT2D eigenvalue weighted by Gasteiger charge is -2.23. The minimum Gasteiger partial charge on any atom is -0.376 e. The predicted octanol–water partition coefficient (Wildman–Crippen LogP) is 1.36. The van der Waals surface area contributed by atoms with Gasteiger partial charge in [0.2, 0.25) is 0 Å². The summed E-state index contributed by atoms with van der Waals surface area (Å²) in [5.41, 5.74) is 1.50. The zero-order chi connectivity index (χ0) is 12.3. The van der Waals surface area contributed by atoms with Crippen LogP contribution in [-0.2, 0) is 4.74 Å². The van der Waals surface area contributed by atoms with Gasteiger partial charge in [-0.2, -0.15) is 5.10 Å². The molecule has 0 bridgehead atoms. The van der Waals surface area contributed by atoms with E-state index in [1.165, 1.54) is 0 Å². The Bertz CT molecular complexity index is 389. The molecule has 1 atom stereocenters. The van der Waals surface area contributed by atoms with E-state index >= 15 is 0 Å². The van der Waals surface area contributed by atoms with Crippen molar-refractivity contribution in [1.82, 2.24) is 15.1 Å². The molecular formula is C12H19N3O2. The summed E-state index contributed by atoms with van der Waals surface area (Å²) in [7, 11) is 0. The summed E-state index contributed by atoms with van der Waals surface area (Å²) in [5.74, 6) is 0.0557. The summed E-state index contributed by atoms with van der Waals surface area (Å²) in [5, 5.41) is 6.70. The van der Waals surface area contributed by atoms with E-state index in [0.717, 1.165) is 31.7 Å². The van der Waals surface area contributed by atoms with Crippen LogP contribution in [0.2, 0.25) is 0 Å². The molecule has 1 amide bonds. The van der Waals surface area contributed by atoms with E-state index in [0.29, 0.717) is 12.1 Å². The van der Waals surface area contributed by atoms with Crippen molar-refractivity contribution in [3.63, 3.8) is 0 Å². The average molecular weight is 237 g/mol. The van der Waals surface area contributed by atoms with Crippen LogP contribution in [0.3, 0.4) is 0 Å². The van der Waals surface area contributed by atoms with Crippen LogP contribution in [0.4, 0.5) is 0 Å². The van der Waals surface area contributed by atoms with E-state index in [9.17, 15) is 4.79 Å². The van der Waals surface area contributed by atoms with Crippen molar-refractivity contribution in [2.75, 3.05) is 19.7 Å². The molecule has 0 spiro atoms. The molecule has 5 heteroatoms. The Morgan fingerprint density at radius 2 is 2.53 bits per heavy atom. The van der Waals surface area contributed by atoms with Crippen molar-refractivity contribution < 1.29 is 9.53 Å². The monoisotopic (exact) mass is 237 g/mol. The van der Waals surface area contributed by atoms with E-state index in [1.807, 2.05) is 11.8 Å². The molecule has 94 valence electrons. The highest BCUT2D eigenvalue weighted by Gasteiger charge is 2.24. The molecule has 1 fully saturated rings. The van der Waals surface area contributed by atoms with Gasteiger partial charge < -0.3 is 9.64 Å². The number of amides is 1. The van der Waals surface area contributed by atoms with E-state index in [1.54, 1.807) is 6.20 Å². The van der Waals surface area contributed by atoms with Crippen LogP contribution >= 0.6 is 0 Å². The van der Waals surface area contributed by atoms with Gasteiger partial charge in [0.15, 0.2) is 0 Å². The molecule has 17 heavy (non-hydrogen) atoms. The summed E-state index contributed by atoms with van der Waals surface area (Å²) in [4.78, 5) is 14.2. The zero-order valence-electron chi connectivity index (χ0n) is 10.4. The molecule has 0 aromatic carbocycles. The first-order valence-electron chi connectivity index (χ1n) is 6.13. The maximum Gasteiger partial charge on any atom is 0.257 e. The molecule has 1 aromatic rings. The van der Waals surface area contributed by atoms with Crippen molar-refractivity contribution in [2.45, 2.75) is 32.8 Å². The highest BCUT2D eigenvalue weighted by atomic mass is 16.5. The molecule has 1 aliphatic rings. The molecule has 1 aliphatic heterocycles. The van der Waals surface area contributed by atoms with Crippen molar-refractivity contribution in [3.8, 4) is 0 Å². The van der Waals surface area contributed by atoms with Crippen LogP contribution in [0.5, 0.6) is 0 Å². The molecule has 5 nitrogen and oxygen atoms in total. The number of ether oxygens (including phenoxy) is 1. The Morgan fingerprint density at radius 1 is 1.71 bits per heavy atom. The number of carbonyl (C=O) groups is 1. The van der Waals surface area contributed by atoms with Crippen molar-refractivity contribution in [3.05, 3.63) is 17.5 Å². The van der Waals surface area contributed by atoms with Gasteiger partial charge in [0.1, 0.15) is 0 Å². The number of hydrogen-bond acceptors (Lipinski definition) is 3. The SMILES string of the molecule is CCC1CN(C(=O)c2cn[nH]c2C)CCCO1. The summed E-state index contributed by atoms with van der Waals surface area (Å²) < 4.78 is 5.66. The maximum atomic E-state index is 12.3. The lowest BCUT2D eigenvalue weighted by Crippen LogP contribution is -2.36. The first kappa shape index (κ1) is 12.1. The third-order valence-electron chi connectivity index (χ3n) is 3.15. The van der Waals surface area contributed by atoms with E-state index in [4.69, 9.17) is 4.74 Å². The molecule has 2 rings (SSSR count). The highest BCUT2D eigenvalue weighted by molar-refractivity contribution is 5.95. The summed E-state index contributed by atoms with van der Waals surface area (Å²) in [6.45, 7) is 6.14. The molecule has 1 N–H and O–H groups in total. The summed E-state index contributed by atoms with van der Waals surface area (Å²) in [6, 6.07) is 0. The highest BCUT2D eigenvalue weighted by Crippen LogP contribution is 2.13. The normalized spacial score (nSPS) is 21.3. The molecular weight excluding hydrogens is 218 g/mol. The Hall–Kier alpha value is -1.36. The van der Waals surface area contributed by atoms with Gasteiger partial charge in [0.05, 0.1) is 17.9 Å². The van der Waals surface area contributed by atoms with Crippen molar-refractivity contribution in [1.29, 1.82) is 0 Å². The molecule has 0 radical (unpaired) electrons. The van der Waals surface area contributed by atoms with Gasteiger partial charge in [0, 0.05) is 25.4 Å². The number of nitrogens with one attached hydrogen (secondary N) is 1. The van der Waals surface area contributed by atoms with Crippen LogP contribution < -0.4 is 0 Å². The molecule has 1 aromatic heterocycles. The van der Waals surface area contributed by atoms with E-state index in [-0.39, 0.29) is 12.0 Å². The number of hydrogen-bond donors (Lipinski definition) is 1. The van der Waals surface area contributed by atoms with Crippen LogP contribution in [0.25, 0.3) is 0 Å². The fourth-order valence-corrected chi connectivity index (χ4v) is 2.06. The van der Waals surface area contributed by atoms with Gasteiger partial charge >= 0.3 is 0 Å². The minimum atomic E-state index is 0.0557. The number of H-pyrrole nitrogens is 1. The fraction of sp³-hybridized carbons (Fsp3) is 0.667. The Balaban J connectivity index is 2.10. The first-order chi connectivity index (χ1) is 8.22. The zero-order valence-corrected chi connectivity index (χ0v) is 10.4. The van der Waals surface area contributed by atoms with Crippen LogP contribution in [0, 0.1) is 6.92 Å². The third-order valence-corrected chi connectivity index (χ3v) is 3.15. The lowest BCUT2D eigenvalue weighted by atomic mass is 10.2. The molecule has 0 aliphatic carbocycles. The number of nitrogens with zero attached hydrogens (tertiary/aromatic N) is 2. The molecule has 1 unspecified atom stereocenters. The quantitative estimate of drug-likeness (QED) is 0.845. The van der Waals surface area contributed by atoms with E-state index < -0.39 is 0 Å². The smallest absolute Gasteiger partial charge is 0.257 e. The largest absolute Gasteiger partial charge is 0.376 e. The number of rotatable bonds is 2. The van der Waals surface area contributed by atoms with Crippen LogP contribution in [-0.4, -0.2) is 46.8 Å². The maximum absolute atomic E-state index is 12.3. The summed E-state index contributed by atoms with van der Waals surface area (Å²) >= 11 is 0. The second-order valence-electron chi connectivity index (χ2n) is 4.41. The number of aromatic amines is 1. The topological polar surface area (TPSA) is 58.2 Å². The van der Waals surface area contributed by atoms with Gasteiger partial charge in [-0.25, -0.2) is 0 Å². The Labute approximate surface area is 101 Å². The number of carbonyl (C=O) groups excluding carboxylic acids is 1. The fourth-order valence-electron chi connectivity index (χ4n) is 2.06. The van der Waals surface area contributed by atoms with Gasteiger partial charge in [-0.3, -0.25) is 9.89 Å². The van der Waals surface area contributed by atoms with Crippen LogP contribution in [0.1, 0.15) is 35.8 Å². The predicted molar refractivity (Wildman–Crippen MR) is 63.9 cm³/mol. The second-order valence-corrected chi connectivity index (χ2v) is 4.41. The Morgan fingerprint density at radius 3 is 3.18 bits per heavy atom. The lowest BCUT2D eigenvalue weighted by molar-refractivity contribution is 0.0460. The molecule has 1 saturated heterocycles. The number of aromatic nitrogens is 2. The van der Waals surface area contributed by atoms with Gasteiger partial charge in [0.25, 0.3) is 5.91 Å². The van der Waals surface area contributed by atoms with E-state index in [2.05, 4.69) is 17.1 Å². The standard InChI is InChI=1S/C12H19N3O2/c1-3-10-8-15(5-4-6-17-10)12(16)11-7-13-14-9(11)2/h7,10H,3-6,8H2,1-2H3,(H,13,14).